The van der Waals surface area contributed by atoms with Crippen molar-refractivity contribution in [1.29, 1.82) is 0 Å². The van der Waals surface area contributed by atoms with Crippen LogP contribution in [0.5, 0.6) is 0 Å². The molecular formula is C15H18BrFN2O. The highest BCUT2D eigenvalue weighted by molar-refractivity contribution is 9.10. The normalized spacial score (nSPS) is 12.7. The summed E-state index contributed by atoms with van der Waals surface area (Å²) < 4.78 is 16.3. The van der Waals surface area contributed by atoms with Gasteiger partial charge >= 0.3 is 0 Å². The van der Waals surface area contributed by atoms with Crippen molar-refractivity contribution in [3.8, 4) is 0 Å². The van der Waals surface area contributed by atoms with Gasteiger partial charge in [-0.2, -0.15) is 5.10 Å². The third-order valence-electron chi connectivity index (χ3n) is 3.29. The molecule has 1 atom stereocenters. The first-order valence-corrected chi connectivity index (χ1v) is 7.53. The molecule has 2 rings (SSSR count). The lowest BCUT2D eigenvalue weighted by Crippen LogP contribution is -2.11. The molecule has 1 unspecified atom stereocenters. The van der Waals surface area contributed by atoms with E-state index < -0.39 is 6.10 Å². The fourth-order valence-corrected chi connectivity index (χ4v) is 2.60. The van der Waals surface area contributed by atoms with Crippen molar-refractivity contribution in [2.75, 3.05) is 0 Å². The molecular weight excluding hydrogens is 323 g/mol. The first-order chi connectivity index (χ1) is 9.55. The molecule has 0 aliphatic carbocycles. The molecule has 1 aromatic heterocycles. The Bertz CT molecular complexity index is 598. The lowest BCUT2D eigenvalue weighted by atomic mass is 10.0. The van der Waals surface area contributed by atoms with Crippen LogP contribution in [0.4, 0.5) is 4.39 Å². The SMILES string of the molecule is CCc1cc(C(O)Cc2cc(Br)ccc2F)n(CC)n1. The van der Waals surface area contributed by atoms with E-state index in [1.165, 1.54) is 6.07 Å². The molecule has 0 aliphatic rings. The number of rotatable bonds is 5. The van der Waals surface area contributed by atoms with Gasteiger partial charge in [-0.15, -0.1) is 0 Å². The highest BCUT2D eigenvalue weighted by Gasteiger charge is 2.17. The molecule has 1 N–H and O–H groups in total. The van der Waals surface area contributed by atoms with Crippen LogP contribution in [0.3, 0.4) is 0 Å². The molecule has 0 spiro atoms. The first-order valence-electron chi connectivity index (χ1n) is 6.73. The van der Waals surface area contributed by atoms with Gasteiger partial charge in [0.2, 0.25) is 0 Å². The summed E-state index contributed by atoms with van der Waals surface area (Å²) >= 11 is 3.32. The van der Waals surface area contributed by atoms with Crippen molar-refractivity contribution in [1.82, 2.24) is 9.78 Å². The molecule has 1 aromatic carbocycles. The molecule has 5 heteroatoms. The number of aromatic nitrogens is 2. The molecule has 0 saturated carbocycles. The second-order valence-corrected chi connectivity index (χ2v) is 5.60. The van der Waals surface area contributed by atoms with Gasteiger partial charge in [-0.05, 0) is 43.2 Å². The van der Waals surface area contributed by atoms with Gasteiger partial charge in [-0.1, -0.05) is 22.9 Å². The lowest BCUT2D eigenvalue weighted by Gasteiger charge is -2.13. The van der Waals surface area contributed by atoms with Crippen LogP contribution >= 0.6 is 15.9 Å². The molecule has 1 heterocycles. The van der Waals surface area contributed by atoms with Crippen molar-refractivity contribution in [3.63, 3.8) is 0 Å². The number of nitrogens with zero attached hydrogens (tertiary/aromatic N) is 2. The maximum atomic E-state index is 13.7. The summed E-state index contributed by atoms with van der Waals surface area (Å²) in [6.07, 6.45) is 0.296. The Labute approximate surface area is 126 Å². The van der Waals surface area contributed by atoms with Gasteiger partial charge in [-0.3, -0.25) is 4.68 Å². The third-order valence-corrected chi connectivity index (χ3v) is 3.78. The van der Waals surface area contributed by atoms with Gasteiger partial charge in [0.25, 0.3) is 0 Å². The third kappa shape index (κ3) is 3.27. The van der Waals surface area contributed by atoms with Gasteiger partial charge in [-0.25, -0.2) is 4.39 Å². The standard InChI is InChI=1S/C15H18BrFN2O/c1-3-12-9-14(19(4-2)18-12)15(20)8-10-7-11(16)5-6-13(10)17/h5-7,9,15,20H,3-4,8H2,1-2H3. The van der Waals surface area contributed by atoms with Crippen LogP contribution in [-0.2, 0) is 19.4 Å². The second kappa shape index (κ2) is 6.50. The average molecular weight is 341 g/mol. The van der Waals surface area contributed by atoms with Gasteiger partial charge < -0.3 is 5.11 Å². The molecule has 108 valence electrons. The quantitative estimate of drug-likeness (QED) is 0.902. The van der Waals surface area contributed by atoms with E-state index in [0.29, 0.717) is 12.1 Å². The van der Waals surface area contributed by atoms with Crippen LogP contribution in [0.2, 0.25) is 0 Å². The molecule has 0 fully saturated rings. The Morgan fingerprint density at radius 3 is 2.75 bits per heavy atom. The van der Waals surface area contributed by atoms with E-state index in [4.69, 9.17) is 0 Å². The number of benzene rings is 1. The second-order valence-electron chi connectivity index (χ2n) is 4.69. The maximum Gasteiger partial charge on any atom is 0.126 e. The minimum Gasteiger partial charge on any atom is -0.386 e. The molecule has 0 amide bonds. The number of halogens is 2. The van der Waals surface area contributed by atoms with E-state index in [9.17, 15) is 9.50 Å². The summed E-state index contributed by atoms with van der Waals surface area (Å²) in [5.74, 6) is -0.300. The summed E-state index contributed by atoms with van der Waals surface area (Å²) in [5, 5.41) is 14.8. The van der Waals surface area contributed by atoms with Crippen LogP contribution in [0.15, 0.2) is 28.7 Å². The van der Waals surface area contributed by atoms with E-state index in [1.54, 1.807) is 16.8 Å². The predicted molar refractivity (Wildman–Crippen MR) is 80.0 cm³/mol. The molecule has 0 bridgehead atoms. The Balaban J connectivity index is 2.25. The lowest BCUT2D eigenvalue weighted by molar-refractivity contribution is 0.166. The molecule has 0 radical (unpaired) electrons. The fraction of sp³-hybridized carbons (Fsp3) is 0.400. The number of hydrogen-bond donors (Lipinski definition) is 1. The van der Waals surface area contributed by atoms with Crippen molar-refractivity contribution in [2.45, 2.75) is 39.3 Å². The summed E-state index contributed by atoms with van der Waals surface area (Å²) in [6.45, 7) is 4.68. The molecule has 2 aromatic rings. The van der Waals surface area contributed by atoms with Crippen LogP contribution in [0.1, 0.15) is 36.9 Å². The summed E-state index contributed by atoms with van der Waals surface area (Å²) in [6, 6.07) is 6.65. The van der Waals surface area contributed by atoms with Crippen molar-refractivity contribution in [3.05, 3.63) is 51.5 Å². The van der Waals surface area contributed by atoms with Gasteiger partial charge in [0.15, 0.2) is 0 Å². The highest BCUT2D eigenvalue weighted by Crippen LogP contribution is 2.23. The molecule has 20 heavy (non-hydrogen) atoms. The zero-order chi connectivity index (χ0) is 14.7. The Kier molecular flexibility index (Phi) is 4.94. The van der Waals surface area contributed by atoms with Gasteiger partial charge in [0.05, 0.1) is 17.5 Å². The Morgan fingerprint density at radius 1 is 1.35 bits per heavy atom. The molecule has 0 saturated heterocycles. The number of aliphatic hydroxyl groups is 1. The minimum absolute atomic E-state index is 0.236. The summed E-state index contributed by atoms with van der Waals surface area (Å²) in [7, 11) is 0. The monoisotopic (exact) mass is 340 g/mol. The summed E-state index contributed by atoms with van der Waals surface area (Å²) in [4.78, 5) is 0. The van der Waals surface area contributed by atoms with Crippen LogP contribution in [0, 0.1) is 5.82 Å². The fourth-order valence-electron chi connectivity index (χ4n) is 2.19. The van der Waals surface area contributed by atoms with E-state index >= 15 is 0 Å². The van der Waals surface area contributed by atoms with E-state index in [0.717, 1.165) is 22.3 Å². The van der Waals surface area contributed by atoms with Crippen molar-refractivity contribution in [2.24, 2.45) is 0 Å². The topological polar surface area (TPSA) is 38.0 Å². The first kappa shape index (κ1) is 15.2. The van der Waals surface area contributed by atoms with Gasteiger partial charge in [0, 0.05) is 17.4 Å². The smallest absolute Gasteiger partial charge is 0.126 e. The maximum absolute atomic E-state index is 13.7. The minimum atomic E-state index is -0.758. The molecule has 3 nitrogen and oxygen atoms in total. The zero-order valence-corrected chi connectivity index (χ0v) is 13.2. The Morgan fingerprint density at radius 2 is 2.10 bits per heavy atom. The zero-order valence-electron chi connectivity index (χ0n) is 11.6. The van der Waals surface area contributed by atoms with Crippen molar-refractivity contribution < 1.29 is 9.50 Å². The Hall–Kier alpha value is -1.20. The molecule has 0 aliphatic heterocycles. The number of aryl methyl sites for hydroxylation is 2. The number of aliphatic hydroxyl groups excluding tert-OH is 1. The van der Waals surface area contributed by atoms with Gasteiger partial charge in [0.1, 0.15) is 5.82 Å². The summed E-state index contributed by atoms with van der Waals surface area (Å²) in [5.41, 5.74) is 2.17. The van der Waals surface area contributed by atoms with Crippen LogP contribution in [0.25, 0.3) is 0 Å². The van der Waals surface area contributed by atoms with Crippen molar-refractivity contribution >= 4 is 15.9 Å². The van der Waals surface area contributed by atoms with E-state index in [1.807, 2.05) is 19.9 Å². The van der Waals surface area contributed by atoms with E-state index in [-0.39, 0.29) is 12.2 Å². The van der Waals surface area contributed by atoms with Crippen LogP contribution in [-0.4, -0.2) is 14.9 Å². The van der Waals surface area contributed by atoms with E-state index in [2.05, 4.69) is 21.0 Å². The van der Waals surface area contributed by atoms with Crippen LogP contribution < -0.4 is 0 Å². The number of hydrogen-bond acceptors (Lipinski definition) is 2. The highest BCUT2D eigenvalue weighted by atomic mass is 79.9. The largest absolute Gasteiger partial charge is 0.386 e. The predicted octanol–water partition coefficient (Wildman–Crippen LogP) is 3.64. The average Bonchev–Trinajstić information content (AvgIpc) is 2.86.